The molecule has 0 unspecified atom stereocenters. The molecule has 1 fully saturated rings. The van der Waals surface area contributed by atoms with E-state index in [4.69, 9.17) is 5.11 Å². The lowest BCUT2D eigenvalue weighted by atomic mass is 10.2. The molecule has 0 spiro atoms. The first-order valence-corrected chi connectivity index (χ1v) is 3.75. The van der Waals surface area contributed by atoms with Gasteiger partial charge in [0.15, 0.2) is 0 Å². The smallest absolute Gasteiger partial charge is 0.338 e. The Morgan fingerprint density at radius 3 is 2.92 bits per heavy atom. The van der Waals surface area contributed by atoms with Crippen LogP contribution in [0.3, 0.4) is 0 Å². The Morgan fingerprint density at radius 2 is 2.50 bits per heavy atom. The molecule has 5 heteroatoms. The maximum atomic E-state index is 10.5. The van der Waals surface area contributed by atoms with Crippen LogP contribution < -0.4 is 5.32 Å². The summed E-state index contributed by atoms with van der Waals surface area (Å²) in [5, 5.41) is 15.6. The maximum absolute atomic E-state index is 10.5. The summed E-state index contributed by atoms with van der Waals surface area (Å²) in [5.41, 5.74) is 0.252. The molecule has 2 rings (SSSR count). The molecular weight excluding hydrogens is 158 g/mol. The Labute approximate surface area is 69.0 Å². The van der Waals surface area contributed by atoms with Crippen molar-refractivity contribution in [3.8, 4) is 0 Å². The van der Waals surface area contributed by atoms with Gasteiger partial charge in [-0.25, -0.2) is 4.79 Å². The molecule has 1 aromatic heterocycles. The Hall–Kier alpha value is -1.36. The number of nitrogens with zero attached hydrogens (tertiary/aromatic N) is 2. The molecule has 1 aliphatic rings. The standard InChI is InChI=1S/C7H9N3O2/c11-7(12)5-1-9-10(4-5)6-2-8-3-6/h1,4,6,8H,2-3H2,(H,11,12). The minimum absolute atomic E-state index is 0.252. The predicted molar refractivity (Wildman–Crippen MR) is 41.1 cm³/mol. The third-order valence-electron chi connectivity index (χ3n) is 1.98. The molecule has 2 heterocycles. The fraction of sp³-hybridized carbons (Fsp3) is 0.429. The molecule has 1 aromatic rings. The number of nitrogens with one attached hydrogen (secondary N) is 1. The van der Waals surface area contributed by atoms with Crippen molar-refractivity contribution in [2.75, 3.05) is 13.1 Å². The van der Waals surface area contributed by atoms with Crippen molar-refractivity contribution in [1.82, 2.24) is 15.1 Å². The van der Waals surface area contributed by atoms with Gasteiger partial charge in [-0.05, 0) is 0 Å². The molecule has 0 atom stereocenters. The van der Waals surface area contributed by atoms with Gasteiger partial charge in [-0.1, -0.05) is 0 Å². The van der Waals surface area contributed by atoms with Crippen LogP contribution in [0.2, 0.25) is 0 Å². The first kappa shape index (κ1) is 7.30. The van der Waals surface area contributed by atoms with Crippen LogP contribution in [-0.2, 0) is 0 Å². The summed E-state index contributed by atoms with van der Waals surface area (Å²) < 4.78 is 1.69. The third-order valence-corrected chi connectivity index (χ3v) is 1.98. The molecule has 0 aliphatic carbocycles. The normalized spacial score (nSPS) is 17.3. The van der Waals surface area contributed by atoms with E-state index in [2.05, 4.69) is 10.4 Å². The molecule has 0 saturated carbocycles. The van der Waals surface area contributed by atoms with Crippen molar-refractivity contribution in [2.45, 2.75) is 6.04 Å². The molecule has 1 saturated heterocycles. The zero-order chi connectivity index (χ0) is 8.55. The average Bonchev–Trinajstić information content (AvgIpc) is 2.32. The average molecular weight is 167 g/mol. The van der Waals surface area contributed by atoms with Crippen molar-refractivity contribution in [2.24, 2.45) is 0 Å². The molecule has 12 heavy (non-hydrogen) atoms. The Kier molecular flexibility index (Phi) is 1.58. The number of rotatable bonds is 2. The minimum atomic E-state index is -0.923. The highest BCUT2D eigenvalue weighted by atomic mass is 16.4. The van der Waals surface area contributed by atoms with E-state index in [1.807, 2.05) is 0 Å². The van der Waals surface area contributed by atoms with E-state index in [-0.39, 0.29) is 5.56 Å². The number of carboxylic acids is 1. The fourth-order valence-corrected chi connectivity index (χ4v) is 1.11. The number of aromatic nitrogens is 2. The molecule has 5 nitrogen and oxygen atoms in total. The van der Waals surface area contributed by atoms with E-state index in [1.165, 1.54) is 6.20 Å². The summed E-state index contributed by atoms with van der Waals surface area (Å²) in [6, 6.07) is 0.332. The summed E-state index contributed by atoms with van der Waals surface area (Å²) in [6.45, 7) is 1.75. The van der Waals surface area contributed by atoms with Gasteiger partial charge >= 0.3 is 5.97 Å². The van der Waals surface area contributed by atoms with Crippen LogP contribution in [0.25, 0.3) is 0 Å². The topological polar surface area (TPSA) is 67.1 Å². The third kappa shape index (κ3) is 1.08. The lowest BCUT2D eigenvalue weighted by Crippen LogP contribution is -2.43. The van der Waals surface area contributed by atoms with Gasteiger partial charge in [-0.3, -0.25) is 4.68 Å². The number of carboxylic acid groups (broad SMARTS) is 1. The minimum Gasteiger partial charge on any atom is -0.478 e. The quantitative estimate of drug-likeness (QED) is 0.636. The van der Waals surface area contributed by atoms with Gasteiger partial charge in [-0.15, -0.1) is 0 Å². The van der Waals surface area contributed by atoms with E-state index >= 15 is 0 Å². The summed E-state index contributed by atoms with van der Waals surface area (Å²) >= 11 is 0. The number of hydrogen-bond donors (Lipinski definition) is 2. The second-order valence-corrected chi connectivity index (χ2v) is 2.83. The highest BCUT2D eigenvalue weighted by Gasteiger charge is 2.20. The second kappa shape index (κ2) is 2.60. The molecule has 1 aliphatic heterocycles. The van der Waals surface area contributed by atoms with Crippen LogP contribution in [0.1, 0.15) is 16.4 Å². The molecule has 0 amide bonds. The molecular formula is C7H9N3O2. The molecule has 0 bridgehead atoms. The number of aromatic carboxylic acids is 1. The van der Waals surface area contributed by atoms with E-state index < -0.39 is 5.97 Å². The van der Waals surface area contributed by atoms with Crippen LogP contribution >= 0.6 is 0 Å². The van der Waals surface area contributed by atoms with Crippen molar-refractivity contribution < 1.29 is 9.90 Å². The highest BCUT2D eigenvalue weighted by molar-refractivity contribution is 5.86. The summed E-state index contributed by atoms with van der Waals surface area (Å²) in [5.74, 6) is -0.923. The van der Waals surface area contributed by atoms with E-state index in [1.54, 1.807) is 10.9 Å². The van der Waals surface area contributed by atoms with Gasteiger partial charge in [0.25, 0.3) is 0 Å². The first-order valence-electron chi connectivity index (χ1n) is 3.75. The second-order valence-electron chi connectivity index (χ2n) is 2.83. The Bertz CT molecular complexity index is 303. The Balaban J connectivity index is 2.17. The first-order chi connectivity index (χ1) is 5.77. The fourth-order valence-electron chi connectivity index (χ4n) is 1.11. The summed E-state index contributed by atoms with van der Waals surface area (Å²) in [4.78, 5) is 10.5. The zero-order valence-electron chi connectivity index (χ0n) is 6.40. The maximum Gasteiger partial charge on any atom is 0.338 e. The van der Waals surface area contributed by atoms with E-state index in [0.717, 1.165) is 13.1 Å². The lowest BCUT2D eigenvalue weighted by molar-refractivity contribution is 0.0696. The lowest BCUT2D eigenvalue weighted by Gasteiger charge is -2.27. The van der Waals surface area contributed by atoms with E-state index in [9.17, 15) is 4.79 Å². The van der Waals surface area contributed by atoms with Crippen molar-refractivity contribution >= 4 is 5.97 Å². The van der Waals surface area contributed by atoms with Gasteiger partial charge in [0.05, 0.1) is 17.8 Å². The zero-order valence-corrected chi connectivity index (χ0v) is 6.40. The number of hydrogen-bond acceptors (Lipinski definition) is 3. The van der Waals surface area contributed by atoms with Crippen molar-refractivity contribution in [3.05, 3.63) is 18.0 Å². The monoisotopic (exact) mass is 167 g/mol. The number of carbonyl (C=O) groups is 1. The predicted octanol–water partition coefficient (Wildman–Crippen LogP) is -0.274. The molecule has 0 radical (unpaired) electrons. The van der Waals surface area contributed by atoms with Crippen LogP contribution in [0.15, 0.2) is 12.4 Å². The highest BCUT2D eigenvalue weighted by Crippen LogP contribution is 2.10. The van der Waals surface area contributed by atoms with E-state index in [0.29, 0.717) is 6.04 Å². The van der Waals surface area contributed by atoms with Gasteiger partial charge < -0.3 is 10.4 Å². The van der Waals surface area contributed by atoms with Crippen LogP contribution in [0.5, 0.6) is 0 Å². The molecule has 2 N–H and O–H groups in total. The van der Waals surface area contributed by atoms with Gasteiger partial charge in [0.1, 0.15) is 0 Å². The van der Waals surface area contributed by atoms with Gasteiger partial charge in [0, 0.05) is 19.3 Å². The van der Waals surface area contributed by atoms with Crippen molar-refractivity contribution in [1.29, 1.82) is 0 Å². The summed E-state index contributed by atoms with van der Waals surface area (Å²) in [7, 11) is 0. The molecule has 64 valence electrons. The SMILES string of the molecule is O=C(O)c1cnn(C2CNC2)c1. The van der Waals surface area contributed by atoms with Crippen molar-refractivity contribution in [3.63, 3.8) is 0 Å². The van der Waals surface area contributed by atoms with Gasteiger partial charge in [-0.2, -0.15) is 5.10 Å². The molecule has 0 aromatic carbocycles. The van der Waals surface area contributed by atoms with Gasteiger partial charge in [0.2, 0.25) is 0 Å². The van der Waals surface area contributed by atoms with Crippen LogP contribution in [0, 0.1) is 0 Å². The largest absolute Gasteiger partial charge is 0.478 e. The summed E-state index contributed by atoms with van der Waals surface area (Å²) in [6.07, 6.45) is 2.94. The van der Waals surface area contributed by atoms with Crippen LogP contribution in [0.4, 0.5) is 0 Å². The Morgan fingerprint density at radius 1 is 1.75 bits per heavy atom. The van der Waals surface area contributed by atoms with Crippen LogP contribution in [-0.4, -0.2) is 33.9 Å².